The number of aromatic nitrogens is 1. The van der Waals surface area contributed by atoms with Crippen LogP contribution in [0, 0.1) is 0 Å². The van der Waals surface area contributed by atoms with Crippen LogP contribution in [-0.2, 0) is 9.59 Å². The van der Waals surface area contributed by atoms with Crippen LogP contribution in [0.25, 0.3) is 11.1 Å². The second-order valence-electron chi connectivity index (χ2n) is 6.50. The van der Waals surface area contributed by atoms with Crippen molar-refractivity contribution in [3.05, 3.63) is 48.5 Å². The first-order valence-corrected chi connectivity index (χ1v) is 9.17. The number of oxazole rings is 1. The van der Waals surface area contributed by atoms with Gasteiger partial charge in [0.1, 0.15) is 11.1 Å². The summed E-state index contributed by atoms with van der Waals surface area (Å²) < 4.78 is 5.65. The lowest BCUT2D eigenvalue weighted by atomic mass is 9.96. The SMILES string of the molecule is CC1(C)C(=O)Nc2ccccc2N1C(=O)CSc1nc2ccccc2o1. The van der Waals surface area contributed by atoms with E-state index < -0.39 is 5.54 Å². The lowest BCUT2D eigenvalue weighted by molar-refractivity contribution is -0.125. The molecule has 0 bridgehead atoms. The largest absolute Gasteiger partial charge is 0.431 e. The number of nitrogens with one attached hydrogen (secondary N) is 1. The monoisotopic (exact) mass is 367 g/mol. The molecule has 2 amide bonds. The van der Waals surface area contributed by atoms with E-state index >= 15 is 0 Å². The molecule has 1 aliphatic heterocycles. The molecule has 7 heteroatoms. The molecule has 2 aromatic carbocycles. The molecule has 0 radical (unpaired) electrons. The van der Waals surface area contributed by atoms with Crippen molar-refractivity contribution >= 4 is 46.1 Å². The van der Waals surface area contributed by atoms with Crippen LogP contribution >= 0.6 is 11.8 Å². The van der Waals surface area contributed by atoms with Crippen molar-refractivity contribution in [2.75, 3.05) is 16.0 Å². The molecule has 0 saturated carbocycles. The molecule has 132 valence electrons. The predicted molar refractivity (Wildman–Crippen MR) is 101 cm³/mol. The molecular weight excluding hydrogens is 350 g/mol. The number of rotatable bonds is 3. The summed E-state index contributed by atoms with van der Waals surface area (Å²) in [6.07, 6.45) is 0. The number of fused-ring (bicyclic) bond motifs is 2. The normalized spacial score (nSPS) is 15.6. The second kappa shape index (κ2) is 6.17. The number of benzene rings is 2. The topological polar surface area (TPSA) is 75.4 Å². The highest BCUT2D eigenvalue weighted by Gasteiger charge is 2.43. The third kappa shape index (κ3) is 2.74. The quantitative estimate of drug-likeness (QED) is 0.715. The molecule has 0 fully saturated rings. The van der Waals surface area contributed by atoms with Crippen LogP contribution in [0.3, 0.4) is 0 Å². The summed E-state index contributed by atoms with van der Waals surface area (Å²) in [4.78, 5) is 31.3. The van der Waals surface area contributed by atoms with Crippen LogP contribution in [0.15, 0.2) is 58.2 Å². The molecule has 0 spiro atoms. The van der Waals surface area contributed by atoms with Crippen LogP contribution in [0.1, 0.15) is 13.8 Å². The Morgan fingerprint density at radius 2 is 1.92 bits per heavy atom. The van der Waals surface area contributed by atoms with Gasteiger partial charge < -0.3 is 9.73 Å². The Hall–Kier alpha value is -2.80. The smallest absolute Gasteiger partial charge is 0.257 e. The summed E-state index contributed by atoms with van der Waals surface area (Å²) in [7, 11) is 0. The van der Waals surface area contributed by atoms with Crippen LogP contribution < -0.4 is 10.2 Å². The highest BCUT2D eigenvalue weighted by Crippen LogP contribution is 2.37. The van der Waals surface area contributed by atoms with Crippen molar-refractivity contribution in [2.24, 2.45) is 0 Å². The number of hydrogen-bond donors (Lipinski definition) is 1. The van der Waals surface area contributed by atoms with E-state index in [1.165, 1.54) is 11.8 Å². The molecule has 1 N–H and O–H groups in total. The molecule has 26 heavy (non-hydrogen) atoms. The molecule has 6 nitrogen and oxygen atoms in total. The molecule has 3 aromatic rings. The zero-order chi connectivity index (χ0) is 18.3. The number of para-hydroxylation sites is 4. The molecular formula is C19H17N3O3S. The molecule has 4 rings (SSSR count). The zero-order valence-corrected chi connectivity index (χ0v) is 15.2. The van der Waals surface area contributed by atoms with Crippen LogP contribution in [0.2, 0.25) is 0 Å². The zero-order valence-electron chi connectivity index (χ0n) is 14.4. The van der Waals surface area contributed by atoms with Gasteiger partial charge in [-0.15, -0.1) is 0 Å². The number of hydrogen-bond acceptors (Lipinski definition) is 5. The van der Waals surface area contributed by atoms with Crippen LogP contribution in [0.5, 0.6) is 0 Å². The minimum absolute atomic E-state index is 0.123. The number of thioether (sulfide) groups is 1. The standard InChI is InChI=1S/C19H17N3O3S/c1-19(2)17(24)20-12-7-3-5-9-14(12)22(19)16(23)11-26-18-21-13-8-4-6-10-15(13)25-18/h3-10H,11H2,1-2H3,(H,20,24). The minimum Gasteiger partial charge on any atom is -0.431 e. The molecule has 0 unspecified atom stereocenters. The maximum Gasteiger partial charge on any atom is 0.257 e. The summed E-state index contributed by atoms with van der Waals surface area (Å²) in [5.74, 6) is -0.265. The number of amides is 2. The van der Waals surface area contributed by atoms with Gasteiger partial charge in [-0.25, -0.2) is 4.98 Å². The van der Waals surface area contributed by atoms with Gasteiger partial charge in [-0.3, -0.25) is 14.5 Å². The maximum atomic E-state index is 13.0. The van der Waals surface area contributed by atoms with E-state index in [1.807, 2.05) is 42.5 Å². The van der Waals surface area contributed by atoms with Gasteiger partial charge in [0.25, 0.3) is 5.22 Å². The number of carbonyl (C=O) groups excluding carboxylic acids is 2. The Labute approximate surface area is 154 Å². The Morgan fingerprint density at radius 3 is 2.73 bits per heavy atom. The Balaban J connectivity index is 1.59. The first-order valence-electron chi connectivity index (χ1n) is 8.19. The van der Waals surface area contributed by atoms with E-state index in [0.29, 0.717) is 22.2 Å². The van der Waals surface area contributed by atoms with Crippen LogP contribution in [-0.4, -0.2) is 28.1 Å². The van der Waals surface area contributed by atoms with Crippen molar-refractivity contribution in [2.45, 2.75) is 24.6 Å². The summed E-state index contributed by atoms with van der Waals surface area (Å²) in [5, 5.41) is 3.29. The van der Waals surface area contributed by atoms with Gasteiger partial charge in [0.05, 0.1) is 17.1 Å². The van der Waals surface area contributed by atoms with Gasteiger partial charge >= 0.3 is 0 Å². The van der Waals surface area contributed by atoms with E-state index in [1.54, 1.807) is 24.8 Å². The third-order valence-corrected chi connectivity index (χ3v) is 5.16. The number of anilines is 2. The van der Waals surface area contributed by atoms with Crippen molar-refractivity contribution < 1.29 is 14.0 Å². The molecule has 0 saturated heterocycles. The van der Waals surface area contributed by atoms with Gasteiger partial charge in [-0.2, -0.15) is 0 Å². The molecule has 1 aliphatic rings. The van der Waals surface area contributed by atoms with Crippen molar-refractivity contribution in [3.63, 3.8) is 0 Å². The Kier molecular flexibility index (Phi) is 3.96. The van der Waals surface area contributed by atoms with Gasteiger partial charge in [0, 0.05) is 0 Å². The fourth-order valence-corrected chi connectivity index (χ4v) is 3.69. The molecule has 0 atom stereocenters. The highest BCUT2D eigenvalue weighted by atomic mass is 32.2. The van der Waals surface area contributed by atoms with Crippen molar-refractivity contribution in [1.29, 1.82) is 0 Å². The molecule has 1 aromatic heterocycles. The average molecular weight is 367 g/mol. The van der Waals surface area contributed by atoms with E-state index in [4.69, 9.17) is 4.42 Å². The average Bonchev–Trinajstić information content (AvgIpc) is 3.03. The van der Waals surface area contributed by atoms with Crippen molar-refractivity contribution in [1.82, 2.24) is 4.98 Å². The number of carbonyl (C=O) groups is 2. The second-order valence-corrected chi connectivity index (χ2v) is 7.42. The summed E-state index contributed by atoms with van der Waals surface area (Å²) in [6.45, 7) is 3.47. The van der Waals surface area contributed by atoms with Crippen molar-refractivity contribution in [3.8, 4) is 0 Å². The van der Waals surface area contributed by atoms with Gasteiger partial charge in [0.15, 0.2) is 5.58 Å². The lowest BCUT2D eigenvalue weighted by Gasteiger charge is -2.42. The summed E-state index contributed by atoms with van der Waals surface area (Å²) in [5.41, 5.74) is 1.79. The highest BCUT2D eigenvalue weighted by molar-refractivity contribution is 7.99. The minimum atomic E-state index is -0.979. The van der Waals surface area contributed by atoms with Gasteiger partial charge in [-0.1, -0.05) is 36.0 Å². The maximum absolute atomic E-state index is 13.0. The summed E-state index contributed by atoms with van der Waals surface area (Å²) >= 11 is 1.22. The van der Waals surface area contributed by atoms with E-state index in [9.17, 15) is 9.59 Å². The Morgan fingerprint density at radius 1 is 1.19 bits per heavy atom. The molecule has 2 heterocycles. The lowest BCUT2D eigenvalue weighted by Crippen LogP contribution is -2.58. The van der Waals surface area contributed by atoms with E-state index in [0.717, 1.165) is 5.52 Å². The first-order chi connectivity index (χ1) is 12.5. The molecule has 0 aliphatic carbocycles. The fraction of sp³-hybridized carbons (Fsp3) is 0.211. The number of nitrogens with zero attached hydrogens (tertiary/aromatic N) is 2. The predicted octanol–water partition coefficient (Wildman–Crippen LogP) is 3.68. The fourth-order valence-electron chi connectivity index (χ4n) is 3.00. The first kappa shape index (κ1) is 16.7. The van der Waals surface area contributed by atoms with E-state index in [2.05, 4.69) is 10.3 Å². The van der Waals surface area contributed by atoms with Crippen LogP contribution in [0.4, 0.5) is 11.4 Å². The summed E-state index contributed by atoms with van der Waals surface area (Å²) in [6, 6.07) is 14.7. The Bertz CT molecular complexity index is 979. The van der Waals surface area contributed by atoms with E-state index in [-0.39, 0.29) is 17.6 Å². The third-order valence-electron chi connectivity index (χ3n) is 4.35. The van der Waals surface area contributed by atoms with Gasteiger partial charge in [-0.05, 0) is 38.1 Å². The van der Waals surface area contributed by atoms with Gasteiger partial charge in [0.2, 0.25) is 11.8 Å².